The van der Waals surface area contributed by atoms with Gasteiger partial charge in [0.05, 0.1) is 22.6 Å². The largest absolute Gasteiger partial charge is 0.397 e. The van der Waals surface area contributed by atoms with E-state index in [1.807, 2.05) is 32.3 Å². The van der Waals surface area contributed by atoms with Gasteiger partial charge in [0.2, 0.25) is 0 Å². The van der Waals surface area contributed by atoms with E-state index in [0.29, 0.717) is 22.1 Å². The summed E-state index contributed by atoms with van der Waals surface area (Å²) in [5.41, 5.74) is 8.93. The molecule has 7 nitrogen and oxygen atoms in total. The number of aromatic nitrogens is 6. The summed E-state index contributed by atoms with van der Waals surface area (Å²) < 4.78 is 3.37. The third kappa shape index (κ3) is 2.25. The van der Waals surface area contributed by atoms with Crippen LogP contribution < -0.4 is 5.73 Å². The monoisotopic (exact) mass is 303 g/mol. The van der Waals surface area contributed by atoms with Crippen LogP contribution in [0.15, 0.2) is 24.4 Å². The fourth-order valence-corrected chi connectivity index (χ4v) is 2.37. The summed E-state index contributed by atoms with van der Waals surface area (Å²) in [5.74, 6) is 0.540. The Morgan fingerprint density at radius 1 is 1.33 bits per heavy atom. The number of hydrogen-bond acceptors (Lipinski definition) is 5. The summed E-state index contributed by atoms with van der Waals surface area (Å²) in [7, 11) is 1.86. The lowest BCUT2D eigenvalue weighted by atomic mass is 10.1. The van der Waals surface area contributed by atoms with Gasteiger partial charge in [-0.15, -0.1) is 5.10 Å². The van der Waals surface area contributed by atoms with Crippen LogP contribution in [-0.2, 0) is 13.5 Å². The van der Waals surface area contributed by atoms with Crippen molar-refractivity contribution in [3.05, 3.63) is 35.1 Å². The fraction of sp³-hybridized carbons (Fsp3) is 0.231. The van der Waals surface area contributed by atoms with Crippen molar-refractivity contribution in [1.82, 2.24) is 30.0 Å². The van der Waals surface area contributed by atoms with Crippen molar-refractivity contribution in [2.45, 2.75) is 13.3 Å². The Kier molecular flexibility index (Phi) is 3.34. The van der Waals surface area contributed by atoms with Crippen LogP contribution >= 0.6 is 11.6 Å². The predicted octanol–water partition coefficient (Wildman–Crippen LogP) is 1.86. The fourth-order valence-electron chi connectivity index (χ4n) is 2.20. The summed E-state index contributed by atoms with van der Waals surface area (Å²) in [6, 6.07) is 5.39. The zero-order chi connectivity index (χ0) is 15.0. The molecule has 0 bridgehead atoms. The molecule has 0 saturated heterocycles. The number of hydrogen-bond donors (Lipinski definition) is 1. The summed E-state index contributed by atoms with van der Waals surface area (Å²) in [6.07, 6.45) is 2.65. The normalized spacial score (nSPS) is 11.0. The van der Waals surface area contributed by atoms with Crippen molar-refractivity contribution >= 4 is 17.3 Å². The van der Waals surface area contributed by atoms with Crippen LogP contribution in [0.2, 0.25) is 5.02 Å². The Hall–Kier alpha value is -2.41. The molecule has 0 aliphatic carbocycles. The van der Waals surface area contributed by atoms with E-state index in [1.165, 1.54) is 0 Å². The Morgan fingerprint density at radius 2 is 2.14 bits per heavy atom. The molecule has 3 rings (SSSR count). The zero-order valence-corrected chi connectivity index (χ0v) is 12.4. The van der Waals surface area contributed by atoms with Gasteiger partial charge in [0, 0.05) is 12.6 Å². The van der Waals surface area contributed by atoms with Gasteiger partial charge in [0.1, 0.15) is 5.69 Å². The van der Waals surface area contributed by atoms with Gasteiger partial charge in [-0.1, -0.05) is 24.6 Å². The van der Waals surface area contributed by atoms with Crippen molar-refractivity contribution < 1.29 is 0 Å². The average Bonchev–Trinajstić information content (AvgIpc) is 3.07. The van der Waals surface area contributed by atoms with Gasteiger partial charge in [-0.05, 0) is 29.0 Å². The second kappa shape index (κ2) is 5.17. The molecule has 0 spiro atoms. The standard InChI is InChI=1S/C13H14ClN7/c1-3-10-11(7-20(2)17-10)21-13(16-18-19-21)8-5-4-6-9(14)12(8)15/h4-7H,3,15H2,1-2H3. The number of nitrogens with two attached hydrogens (primary N) is 1. The molecule has 8 heteroatoms. The summed E-state index contributed by atoms with van der Waals surface area (Å²) >= 11 is 6.07. The first-order valence-electron chi connectivity index (χ1n) is 6.47. The molecule has 2 heterocycles. The molecular weight excluding hydrogens is 290 g/mol. The molecule has 2 N–H and O–H groups in total. The molecule has 0 radical (unpaired) electrons. The number of nitrogens with zero attached hydrogens (tertiary/aromatic N) is 6. The van der Waals surface area contributed by atoms with E-state index in [0.717, 1.165) is 17.8 Å². The lowest BCUT2D eigenvalue weighted by Gasteiger charge is -2.07. The van der Waals surface area contributed by atoms with Gasteiger partial charge in [-0.25, -0.2) is 0 Å². The highest BCUT2D eigenvalue weighted by molar-refractivity contribution is 6.33. The van der Waals surface area contributed by atoms with Crippen LogP contribution in [0.5, 0.6) is 0 Å². The first-order chi connectivity index (χ1) is 10.1. The number of benzene rings is 1. The van der Waals surface area contributed by atoms with Gasteiger partial charge in [-0.2, -0.15) is 9.78 Å². The molecule has 0 aliphatic rings. The van der Waals surface area contributed by atoms with Gasteiger partial charge in [-0.3, -0.25) is 4.68 Å². The van der Waals surface area contributed by atoms with Crippen LogP contribution in [0.3, 0.4) is 0 Å². The molecule has 0 amide bonds. The Morgan fingerprint density at radius 3 is 2.90 bits per heavy atom. The quantitative estimate of drug-likeness (QED) is 0.746. The van der Waals surface area contributed by atoms with Crippen molar-refractivity contribution in [3.63, 3.8) is 0 Å². The van der Waals surface area contributed by atoms with Crippen LogP contribution in [-0.4, -0.2) is 30.0 Å². The molecule has 108 valence electrons. The number of anilines is 1. The smallest absolute Gasteiger partial charge is 0.189 e. The number of aryl methyl sites for hydroxylation is 2. The minimum Gasteiger partial charge on any atom is -0.397 e. The van der Waals surface area contributed by atoms with Gasteiger partial charge < -0.3 is 5.73 Å². The lowest BCUT2D eigenvalue weighted by Crippen LogP contribution is -2.03. The first-order valence-corrected chi connectivity index (χ1v) is 6.85. The molecular formula is C13H14ClN7. The summed E-state index contributed by atoms with van der Waals surface area (Å²) in [5, 5.41) is 16.8. The minimum absolute atomic E-state index is 0.456. The van der Waals surface area contributed by atoms with E-state index in [1.54, 1.807) is 15.4 Å². The number of para-hydroxylation sites is 1. The Labute approximate surface area is 126 Å². The van der Waals surface area contributed by atoms with Crippen LogP contribution in [0.1, 0.15) is 12.6 Å². The summed E-state index contributed by atoms with van der Waals surface area (Å²) in [6.45, 7) is 2.03. The number of halogens is 1. The third-order valence-corrected chi connectivity index (χ3v) is 3.54. The number of rotatable bonds is 3. The molecule has 3 aromatic rings. The second-order valence-corrected chi connectivity index (χ2v) is 5.01. The molecule has 0 aliphatic heterocycles. The second-order valence-electron chi connectivity index (χ2n) is 4.60. The van der Waals surface area contributed by atoms with Gasteiger partial charge >= 0.3 is 0 Å². The van der Waals surface area contributed by atoms with E-state index in [9.17, 15) is 0 Å². The van der Waals surface area contributed by atoms with Crippen molar-refractivity contribution in [1.29, 1.82) is 0 Å². The molecule has 1 aromatic carbocycles. The third-order valence-electron chi connectivity index (χ3n) is 3.21. The van der Waals surface area contributed by atoms with E-state index < -0.39 is 0 Å². The zero-order valence-electron chi connectivity index (χ0n) is 11.7. The highest BCUT2D eigenvalue weighted by Gasteiger charge is 2.18. The first kappa shape index (κ1) is 13.6. The summed E-state index contributed by atoms with van der Waals surface area (Å²) in [4.78, 5) is 0. The number of tetrazole rings is 1. The molecule has 21 heavy (non-hydrogen) atoms. The van der Waals surface area contributed by atoms with Crippen molar-refractivity contribution in [2.75, 3.05) is 5.73 Å². The Bertz CT molecular complexity index is 790. The maximum absolute atomic E-state index is 6.07. The SMILES string of the molecule is CCc1nn(C)cc1-n1nnnc1-c1cccc(Cl)c1N. The van der Waals surface area contributed by atoms with Crippen molar-refractivity contribution in [2.24, 2.45) is 7.05 Å². The molecule has 0 unspecified atom stereocenters. The molecule has 0 atom stereocenters. The van der Waals surface area contributed by atoms with Crippen LogP contribution in [0.4, 0.5) is 5.69 Å². The number of nitrogen functional groups attached to an aromatic ring is 1. The highest BCUT2D eigenvalue weighted by Crippen LogP contribution is 2.31. The van der Waals surface area contributed by atoms with E-state index in [4.69, 9.17) is 17.3 Å². The molecule has 2 aromatic heterocycles. The highest BCUT2D eigenvalue weighted by atomic mass is 35.5. The minimum atomic E-state index is 0.456. The maximum atomic E-state index is 6.07. The maximum Gasteiger partial charge on any atom is 0.189 e. The van der Waals surface area contributed by atoms with E-state index in [2.05, 4.69) is 20.6 Å². The van der Waals surface area contributed by atoms with Crippen molar-refractivity contribution in [3.8, 4) is 17.1 Å². The molecule has 0 saturated carbocycles. The van der Waals surface area contributed by atoms with Crippen LogP contribution in [0, 0.1) is 0 Å². The van der Waals surface area contributed by atoms with E-state index in [-0.39, 0.29) is 0 Å². The average molecular weight is 304 g/mol. The lowest BCUT2D eigenvalue weighted by molar-refractivity contribution is 0.746. The topological polar surface area (TPSA) is 87.4 Å². The predicted molar refractivity (Wildman–Crippen MR) is 80.2 cm³/mol. The van der Waals surface area contributed by atoms with Crippen LogP contribution in [0.25, 0.3) is 17.1 Å². The molecule has 0 fully saturated rings. The Balaban J connectivity index is 2.19. The van der Waals surface area contributed by atoms with E-state index >= 15 is 0 Å². The van der Waals surface area contributed by atoms with Gasteiger partial charge in [0.25, 0.3) is 0 Å². The van der Waals surface area contributed by atoms with Gasteiger partial charge in [0.15, 0.2) is 5.82 Å².